The van der Waals surface area contributed by atoms with Gasteiger partial charge in [-0.3, -0.25) is 46.3 Å². The van der Waals surface area contributed by atoms with Crippen molar-refractivity contribution in [2.75, 3.05) is 0 Å². The zero-order chi connectivity index (χ0) is 99.9. The summed E-state index contributed by atoms with van der Waals surface area (Å²) in [5.74, 6) is -1.56. The maximum Gasteiger partial charge on any atom is 3.00 e. The molecule has 0 saturated carbocycles. The first-order chi connectivity index (χ1) is 71.7. The van der Waals surface area contributed by atoms with Gasteiger partial charge in [-0.25, -0.2) is 0 Å². The van der Waals surface area contributed by atoms with Crippen LogP contribution in [0.3, 0.4) is 0 Å². The fourth-order valence-corrected chi connectivity index (χ4v) is 16.6. The molecule has 0 unspecified atom stereocenters. The Labute approximate surface area is 903 Å². The van der Waals surface area contributed by atoms with Crippen molar-refractivity contribution in [3.05, 3.63) is 562 Å². The maximum atomic E-state index is 13.8. The molecule has 15 nitrogen and oxygen atoms in total. The molecule has 0 N–H and O–H groups in total. The first-order valence-electron chi connectivity index (χ1n) is 47.0. The molecule has 22 heteroatoms. The van der Waals surface area contributed by atoms with Gasteiger partial charge >= 0.3 is 60.3 Å². The average Bonchev–Trinajstić information content (AvgIpc) is 1.59. The monoisotopic (exact) mass is 2480 g/mol. The normalized spacial score (nSPS) is 10.5. The summed E-state index contributed by atoms with van der Waals surface area (Å²) in [6, 6.07) is 168. The first-order valence-corrected chi connectivity index (χ1v) is 47.0. The van der Waals surface area contributed by atoms with Crippen molar-refractivity contribution in [2.24, 2.45) is 0 Å². The van der Waals surface area contributed by atoms with Gasteiger partial charge in [-0.1, -0.05) is 247 Å². The number of aromatic nitrogens is 15. The number of nitrogens with zero attached hydrogens (tertiary/aromatic N) is 15. The van der Waals surface area contributed by atoms with Crippen LogP contribution in [0.15, 0.2) is 462 Å². The number of para-hydroxylation sites is 2. The quantitative estimate of drug-likeness (QED) is 0.0605. The fourth-order valence-electron chi connectivity index (χ4n) is 16.6. The predicted molar refractivity (Wildman–Crippen MR) is 568 cm³/mol. The van der Waals surface area contributed by atoms with E-state index in [1.807, 2.05) is 256 Å². The van der Waals surface area contributed by atoms with Gasteiger partial charge in [-0.05, 0) is 133 Å². The van der Waals surface area contributed by atoms with E-state index < -0.39 is 23.3 Å². The fraction of sp³-hybridized carbons (Fsp3) is 0.0315. The van der Waals surface area contributed by atoms with E-state index in [-0.39, 0.29) is 82.8 Å². The van der Waals surface area contributed by atoms with E-state index in [2.05, 4.69) is 287 Å². The number of imidazole rings is 2. The molecular formula is C127H88F4Ir3N15. The summed E-state index contributed by atoms with van der Waals surface area (Å²) in [7, 11) is 0. The largest absolute Gasteiger partial charge is 3.00 e. The van der Waals surface area contributed by atoms with Crippen molar-refractivity contribution in [2.45, 2.75) is 27.7 Å². The van der Waals surface area contributed by atoms with Gasteiger partial charge in [0.15, 0.2) is 0 Å². The molecule has 0 saturated heterocycles. The smallest absolute Gasteiger partial charge is 0.345 e. The minimum atomic E-state index is -0.826. The van der Waals surface area contributed by atoms with Crippen molar-refractivity contribution in [3.8, 4) is 169 Å². The van der Waals surface area contributed by atoms with E-state index in [0.717, 1.165) is 182 Å². The van der Waals surface area contributed by atoms with E-state index in [1.165, 1.54) is 18.2 Å². The van der Waals surface area contributed by atoms with Crippen LogP contribution in [0.5, 0.6) is 0 Å². The Kier molecular flexibility index (Phi) is 35.4. The summed E-state index contributed by atoms with van der Waals surface area (Å²) >= 11 is 0. The molecular weight excluding hydrogens is 2390 g/mol. The van der Waals surface area contributed by atoms with Gasteiger partial charge in [0.25, 0.3) is 0 Å². The summed E-state index contributed by atoms with van der Waals surface area (Å²) in [5.41, 5.74) is 27.8. The molecule has 149 heavy (non-hydrogen) atoms. The molecule has 9 aromatic heterocycles. The second kappa shape index (κ2) is 50.5. The van der Waals surface area contributed by atoms with E-state index in [1.54, 1.807) is 21.8 Å². The Balaban J connectivity index is 0.000000137. The van der Waals surface area contributed by atoms with Crippen molar-refractivity contribution in [3.63, 3.8) is 0 Å². The van der Waals surface area contributed by atoms with Crippen molar-refractivity contribution < 1.29 is 77.9 Å². The topological polar surface area (TPSA) is 146 Å². The molecule has 0 aliphatic heterocycles. The molecule has 0 radical (unpaired) electrons. The number of hydrogen-bond donors (Lipinski definition) is 0. The second-order valence-corrected chi connectivity index (χ2v) is 33.4. The molecule has 9 heterocycles. The minimum Gasteiger partial charge on any atom is -0.345 e. The van der Waals surface area contributed by atoms with E-state index in [0.29, 0.717) is 12.1 Å². The number of halogens is 4. The molecule has 726 valence electrons. The van der Waals surface area contributed by atoms with Gasteiger partial charge in [0.05, 0.1) is 45.8 Å². The molecule has 0 aliphatic carbocycles. The Morgan fingerprint density at radius 2 is 0.550 bits per heavy atom. The summed E-state index contributed by atoms with van der Waals surface area (Å²) in [5, 5.41) is 17.3. The van der Waals surface area contributed by atoms with Crippen molar-refractivity contribution in [1.29, 1.82) is 0 Å². The van der Waals surface area contributed by atoms with Crippen molar-refractivity contribution in [1.82, 2.24) is 73.2 Å². The zero-order valence-corrected chi connectivity index (χ0v) is 87.8. The molecule has 24 aromatic rings. The Morgan fingerprint density at radius 3 is 0.866 bits per heavy atom. The predicted octanol–water partition coefficient (Wildman–Crippen LogP) is 29.4. The molecule has 15 aromatic carbocycles. The zero-order valence-electron chi connectivity index (χ0n) is 80.6. The Bertz CT molecular complexity index is 7840. The van der Waals surface area contributed by atoms with Gasteiger partial charge in [-0.15, -0.1) is 229 Å². The van der Waals surface area contributed by atoms with Crippen LogP contribution in [0.25, 0.3) is 169 Å². The summed E-state index contributed by atoms with van der Waals surface area (Å²) in [6.45, 7) is 8.08. The van der Waals surface area contributed by atoms with Crippen LogP contribution < -0.4 is 0 Å². The number of benzene rings is 15. The van der Waals surface area contributed by atoms with Gasteiger partial charge in [0.1, 0.15) is 0 Å². The molecule has 0 amide bonds. The van der Waals surface area contributed by atoms with E-state index in [4.69, 9.17) is 9.97 Å². The van der Waals surface area contributed by atoms with Crippen LogP contribution in [0.4, 0.5) is 17.6 Å². The summed E-state index contributed by atoms with van der Waals surface area (Å²) in [6.07, 6.45) is 7.26. The molecule has 0 bridgehead atoms. The van der Waals surface area contributed by atoms with Crippen LogP contribution in [0, 0.1) is 106 Å². The second-order valence-electron chi connectivity index (χ2n) is 33.4. The van der Waals surface area contributed by atoms with Gasteiger partial charge in [-0.2, -0.15) is 32.5 Å². The van der Waals surface area contributed by atoms with E-state index in [9.17, 15) is 17.6 Å². The SMILES string of the molecule is Cc1cc(C)n(-c2[c-]c(-n3nc(C)cc3C)ccc2)n1.Fc1c[c-]c(-c2cccc(-c3[c-]cc(F)cc3F)n2)c(F)c1.[Ir+3].[Ir+3].[Ir+3].[c-]1c(-c2nc(-c3ccccc3)c(-c3ccccc3)n2-c2ccccc2)cccc1-c1nc(-c2ccccc2)c(-c2ccccc2)n1-c1ccccc1.[c-]1c(-n2cccn2)cccc1-n1cccn1.[c-]1ccccc1-c1cccc(-c2[c-]cccc2)n1.[c-]1ccccc1-c1cccc(-c2[c-]cccc2)n1. The third-order valence-corrected chi connectivity index (χ3v) is 23.2. The third-order valence-electron chi connectivity index (χ3n) is 23.2. The molecule has 24 rings (SSSR count). The van der Waals surface area contributed by atoms with Crippen molar-refractivity contribution >= 4 is 0 Å². The number of pyridine rings is 3. The molecule has 0 spiro atoms. The molecule has 0 fully saturated rings. The van der Waals surface area contributed by atoms with Gasteiger partial charge in [0.2, 0.25) is 0 Å². The van der Waals surface area contributed by atoms with Crippen LogP contribution in [-0.4, -0.2) is 73.2 Å². The van der Waals surface area contributed by atoms with Gasteiger partial charge in [0, 0.05) is 93.1 Å². The minimum absolute atomic E-state index is 0. The van der Waals surface area contributed by atoms with Crippen LogP contribution in [0.2, 0.25) is 0 Å². The molecule has 0 atom stereocenters. The third kappa shape index (κ3) is 25.6. The molecule has 0 aliphatic rings. The summed E-state index contributed by atoms with van der Waals surface area (Å²) < 4.78 is 65.2. The maximum absolute atomic E-state index is 13.8. The Hall–Kier alpha value is -17.3. The Morgan fingerprint density at radius 1 is 0.255 bits per heavy atom. The van der Waals surface area contributed by atoms with Gasteiger partial charge < -0.3 is 24.1 Å². The van der Waals surface area contributed by atoms with Crippen LogP contribution >= 0.6 is 0 Å². The number of aryl methyl sites for hydroxylation is 4. The first kappa shape index (κ1) is 105. The number of rotatable bonds is 18. The van der Waals surface area contributed by atoms with Crippen LogP contribution in [-0.2, 0) is 60.3 Å². The van der Waals surface area contributed by atoms with Crippen LogP contribution in [0.1, 0.15) is 22.8 Å². The standard InChI is InChI=1S/C48H33N4.C17H7F4N.2C17H11N.C16H17N4.C12H9N4.3Ir/c1-7-20-35(21-8-1)43-45(37-24-11-3-12-25-37)51(41-30-15-5-16-31-41)47(49-43)39-28-19-29-40(34-39)48-50-44(36-22-9-2-10-23-36)46(38-26-13-4-14-27-38)52(48)42-32-17-6-18-33-42;18-10-4-6-12(14(20)8-10)16-2-1-3-17(22-16)13-7-5-11(19)9-15(13)21;2*1-3-8-14(9-4-1)16-12-7-13-17(18-16)15-10-5-2-6-11-15;1-11-8-13(3)19(17-11)15-6-5-7-16(10-15)20-14(4)9-12(2)18-20;1-4-11(15-8-2-6-13-15)10-12(5-1)16-9-3-7-14-16;;;/h1-33H;1-5,8-9H;2*1-8,10,12-13H;5-9H,1-4H3;1-9H;;;/q-1;3*-2;2*-1;3*+3. The average molecular weight is 2480 g/mol. The number of hydrogen-bond acceptors (Lipinski definition) is 9. The summed E-state index contributed by atoms with van der Waals surface area (Å²) in [4.78, 5) is 24.3. The van der Waals surface area contributed by atoms with E-state index >= 15 is 0 Å².